The van der Waals surface area contributed by atoms with Gasteiger partial charge >= 0.3 is 0 Å². The standard InChI is InChI=1S/C17H34N2OS.2ClH/c1-14-9-15(11-17(2,3)10-14)20-13-16(21)12-19-7-5-18(4)6-8-19;;/h14-16,21H,5-13H2,1-4H3;2*1H. The molecule has 0 aromatic carbocycles. The van der Waals surface area contributed by atoms with Crippen LogP contribution < -0.4 is 0 Å². The molecule has 3 atom stereocenters. The summed E-state index contributed by atoms with van der Waals surface area (Å²) in [4.78, 5) is 4.92. The van der Waals surface area contributed by atoms with Crippen LogP contribution in [0.15, 0.2) is 0 Å². The van der Waals surface area contributed by atoms with Gasteiger partial charge in [-0.25, -0.2) is 0 Å². The molecule has 23 heavy (non-hydrogen) atoms. The molecule has 3 nitrogen and oxygen atoms in total. The molecule has 1 aliphatic carbocycles. The second-order valence-electron chi connectivity index (χ2n) is 8.13. The van der Waals surface area contributed by atoms with Gasteiger partial charge in [0.2, 0.25) is 0 Å². The van der Waals surface area contributed by atoms with Gasteiger partial charge in [-0.05, 0) is 37.6 Å². The molecule has 1 saturated carbocycles. The van der Waals surface area contributed by atoms with Gasteiger partial charge in [-0.1, -0.05) is 20.8 Å². The lowest BCUT2D eigenvalue weighted by Crippen LogP contribution is -2.47. The highest BCUT2D eigenvalue weighted by Crippen LogP contribution is 2.39. The SMILES string of the molecule is CC1CC(OCC(S)CN2CCN(C)CC2)CC(C)(C)C1.Cl.Cl. The third-order valence-electron chi connectivity index (χ3n) is 4.94. The van der Waals surface area contributed by atoms with Crippen LogP contribution in [-0.2, 0) is 4.74 Å². The predicted octanol–water partition coefficient (Wildman–Crippen LogP) is 3.61. The van der Waals surface area contributed by atoms with Crippen LogP contribution in [-0.4, -0.2) is 67.5 Å². The quantitative estimate of drug-likeness (QED) is 0.726. The number of thiol groups is 1. The first-order valence-corrected chi connectivity index (χ1v) is 9.06. The van der Waals surface area contributed by atoms with Crippen molar-refractivity contribution in [3.8, 4) is 0 Å². The van der Waals surface area contributed by atoms with Crippen LogP contribution in [0.2, 0.25) is 0 Å². The van der Waals surface area contributed by atoms with E-state index in [0.29, 0.717) is 16.8 Å². The van der Waals surface area contributed by atoms with Crippen molar-refractivity contribution in [1.82, 2.24) is 9.80 Å². The number of halogens is 2. The fourth-order valence-corrected chi connectivity index (χ4v) is 4.33. The Balaban J connectivity index is 0.00000242. The molecule has 1 saturated heterocycles. The van der Waals surface area contributed by atoms with Crippen LogP contribution in [0.25, 0.3) is 0 Å². The van der Waals surface area contributed by atoms with Crippen molar-refractivity contribution in [3.63, 3.8) is 0 Å². The van der Waals surface area contributed by atoms with Gasteiger partial charge in [0.15, 0.2) is 0 Å². The molecule has 1 aliphatic heterocycles. The van der Waals surface area contributed by atoms with Gasteiger partial charge in [0.1, 0.15) is 0 Å². The Morgan fingerprint density at radius 3 is 2.30 bits per heavy atom. The van der Waals surface area contributed by atoms with E-state index in [1.165, 1.54) is 45.4 Å². The normalized spacial score (nSPS) is 30.1. The molecule has 6 heteroatoms. The number of ether oxygens (including phenoxy) is 1. The third kappa shape index (κ3) is 8.64. The monoisotopic (exact) mass is 386 g/mol. The van der Waals surface area contributed by atoms with Crippen molar-refractivity contribution in [1.29, 1.82) is 0 Å². The van der Waals surface area contributed by atoms with E-state index in [0.717, 1.165) is 19.1 Å². The average Bonchev–Trinajstić information content (AvgIpc) is 2.37. The van der Waals surface area contributed by atoms with Gasteiger partial charge in [0.05, 0.1) is 12.7 Å². The molecule has 3 unspecified atom stereocenters. The molecular weight excluding hydrogens is 351 g/mol. The zero-order chi connectivity index (χ0) is 15.5. The first-order valence-electron chi connectivity index (χ1n) is 8.54. The van der Waals surface area contributed by atoms with Crippen LogP contribution in [0, 0.1) is 11.3 Å². The van der Waals surface area contributed by atoms with E-state index in [-0.39, 0.29) is 24.8 Å². The number of nitrogens with zero attached hydrogens (tertiary/aromatic N) is 2. The Morgan fingerprint density at radius 1 is 1.13 bits per heavy atom. The molecule has 2 aliphatic rings. The molecule has 2 rings (SSSR count). The van der Waals surface area contributed by atoms with Crippen LogP contribution in [0.5, 0.6) is 0 Å². The Morgan fingerprint density at radius 2 is 1.74 bits per heavy atom. The highest BCUT2D eigenvalue weighted by atomic mass is 35.5. The molecule has 0 bridgehead atoms. The average molecular weight is 387 g/mol. The molecule has 0 aromatic heterocycles. The van der Waals surface area contributed by atoms with Crippen LogP contribution in [0.4, 0.5) is 0 Å². The van der Waals surface area contributed by atoms with E-state index < -0.39 is 0 Å². The molecule has 0 N–H and O–H groups in total. The van der Waals surface area contributed by atoms with Gasteiger partial charge in [0.25, 0.3) is 0 Å². The Hall–Kier alpha value is 0.810. The summed E-state index contributed by atoms with van der Waals surface area (Å²) >= 11 is 4.75. The first-order chi connectivity index (χ1) is 9.84. The molecule has 1 heterocycles. The van der Waals surface area contributed by atoms with E-state index in [1.54, 1.807) is 0 Å². The van der Waals surface area contributed by atoms with Crippen molar-refractivity contribution < 1.29 is 4.74 Å². The summed E-state index contributed by atoms with van der Waals surface area (Å²) in [6, 6.07) is 0. The Bertz CT molecular complexity index is 326. The topological polar surface area (TPSA) is 15.7 Å². The number of hydrogen-bond donors (Lipinski definition) is 1. The maximum atomic E-state index is 6.20. The largest absolute Gasteiger partial charge is 0.377 e. The fraction of sp³-hybridized carbons (Fsp3) is 1.00. The fourth-order valence-electron chi connectivity index (χ4n) is 4.01. The van der Waals surface area contributed by atoms with E-state index in [4.69, 9.17) is 17.4 Å². The maximum Gasteiger partial charge on any atom is 0.0598 e. The summed E-state index contributed by atoms with van der Waals surface area (Å²) in [5.74, 6) is 0.787. The van der Waals surface area contributed by atoms with Gasteiger partial charge in [-0.15, -0.1) is 24.8 Å². The number of piperazine rings is 1. The summed E-state index contributed by atoms with van der Waals surface area (Å²) in [6.07, 6.45) is 4.19. The van der Waals surface area contributed by atoms with Crippen LogP contribution >= 0.6 is 37.4 Å². The predicted molar refractivity (Wildman–Crippen MR) is 108 cm³/mol. The van der Waals surface area contributed by atoms with Gasteiger partial charge in [-0.2, -0.15) is 12.6 Å². The minimum atomic E-state index is 0. The highest BCUT2D eigenvalue weighted by molar-refractivity contribution is 7.81. The van der Waals surface area contributed by atoms with Gasteiger partial charge in [-0.3, -0.25) is 4.90 Å². The van der Waals surface area contributed by atoms with E-state index in [1.807, 2.05) is 0 Å². The summed E-state index contributed by atoms with van der Waals surface area (Å²) in [5, 5.41) is 0.341. The van der Waals surface area contributed by atoms with E-state index in [9.17, 15) is 0 Å². The van der Waals surface area contributed by atoms with Crippen molar-refractivity contribution in [2.75, 3.05) is 46.4 Å². The molecule has 0 spiro atoms. The second-order valence-corrected chi connectivity index (χ2v) is 8.86. The van der Waals surface area contributed by atoms with E-state index >= 15 is 0 Å². The molecule has 0 radical (unpaired) electrons. The zero-order valence-corrected chi connectivity index (χ0v) is 17.7. The molecule has 140 valence electrons. The smallest absolute Gasteiger partial charge is 0.0598 e. The summed E-state index contributed by atoms with van der Waals surface area (Å²) in [6.45, 7) is 13.7. The Kier molecular flexibility index (Phi) is 11.1. The second kappa shape index (κ2) is 10.7. The van der Waals surface area contributed by atoms with Crippen molar-refractivity contribution in [3.05, 3.63) is 0 Å². The maximum absolute atomic E-state index is 6.20. The van der Waals surface area contributed by atoms with Crippen molar-refractivity contribution in [2.24, 2.45) is 11.3 Å². The summed E-state index contributed by atoms with van der Waals surface area (Å²) in [7, 11) is 2.20. The highest BCUT2D eigenvalue weighted by Gasteiger charge is 2.32. The Labute approximate surface area is 161 Å². The lowest BCUT2D eigenvalue weighted by Gasteiger charge is -2.39. The first kappa shape index (κ1) is 23.8. The number of hydrogen-bond acceptors (Lipinski definition) is 4. The molecule has 0 aromatic rings. The summed E-state index contributed by atoms with van der Waals surface area (Å²) in [5.41, 5.74) is 0.436. The lowest BCUT2D eigenvalue weighted by atomic mass is 9.71. The molecule has 2 fully saturated rings. The van der Waals surface area contributed by atoms with Gasteiger partial charge < -0.3 is 9.64 Å². The number of likely N-dealkylation sites (N-methyl/N-ethyl adjacent to an activating group) is 1. The number of rotatable bonds is 5. The minimum absolute atomic E-state index is 0. The van der Waals surface area contributed by atoms with Gasteiger partial charge in [0, 0.05) is 38.0 Å². The van der Waals surface area contributed by atoms with Crippen molar-refractivity contribution >= 4 is 37.4 Å². The lowest BCUT2D eigenvalue weighted by molar-refractivity contribution is -0.0242. The molecular formula is C17H36Cl2N2OS. The van der Waals surface area contributed by atoms with Crippen LogP contribution in [0.1, 0.15) is 40.0 Å². The van der Waals surface area contributed by atoms with Crippen molar-refractivity contribution in [2.45, 2.75) is 51.4 Å². The third-order valence-corrected chi connectivity index (χ3v) is 5.25. The minimum Gasteiger partial charge on any atom is -0.377 e. The van der Waals surface area contributed by atoms with Crippen LogP contribution in [0.3, 0.4) is 0 Å². The van der Waals surface area contributed by atoms with E-state index in [2.05, 4.69) is 37.6 Å². The summed E-state index contributed by atoms with van der Waals surface area (Å²) < 4.78 is 6.20. The zero-order valence-electron chi connectivity index (χ0n) is 15.2. The molecule has 0 amide bonds.